The molecular weight excluding hydrogens is 627 g/mol. The molecule has 0 saturated carbocycles. The summed E-state index contributed by atoms with van der Waals surface area (Å²) in [6.45, 7) is 4.92. The van der Waals surface area contributed by atoms with Crippen LogP contribution in [0, 0.1) is 3.57 Å². The van der Waals surface area contributed by atoms with Crippen molar-refractivity contribution < 1.29 is 33.8 Å². The summed E-state index contributed by atoms with van der Waals surface area (Å²) < 4.78 is 5.88. The summed E-state index contributed by atoms with van der Waals surface area (Å²) in [4.78, 5) is 68.0. The number of nitrogens with zero attached hydrogens (tertiary/aromatic N) is 5. The van der Waals surface area contributed by atoms with Crippen molar-refractivity contribution in [2.45, 2.75) is 57.3 Å². The molecule has 210 valence electrons. The van der Waals surface area contributed by atoms with Crippen molar-refractivity contribution in [2.75, 3.05) is 19.6 Å². The molecule has 3 atom stereocenters. The van der Waals surface area contributed by atoms with Crippen LogP contribution in [0.4, 0.5) is 10.5 Å². The Morgan fingerprint density at radius 3 is 2.59 bits per heavy atom. The molecule has 0 bridgehead atoms. The van der Waals surface area contributed by atoms with Crippen molar-refractivity contribution in [1.29, 1.82) is 0 Å². The van der Waals surface area contributed by atoms with E-state index in [-0.39, 0.29) is 43.7 Å². The topological polar surface area (TPSA) is 220 Å². The third-order valence-electron chi connectivity index (χ3n) is 5.99. The number of halogens is 1. The van der Waals surface area contributed by atoms with Crippen LogP contribution in [0.2, 0.25) is 0 Å². The quantitative estimate of drug-likeness (QED) is 0.145. The van der Waals surface area contributed by atoms with Crippen molar-refractivity contribution in [3.8, 4) is 5.75 Å². The minimum Gasteiger partial charge on any atom is -0.507 e. The maximum Gasteiger partial charge on any atom is 0.411 e. The molecule has 2 saturated heterocycles. The Balaban J connectivity index is 1.76. The normalized spacial score (nSPS) is 20.8. The summed E-state index contributed by atoms with van der Waals surface area (Å²) in [7, 11) is 0. The highest BCUT2D eigenvalue weighted by molar-refractivity contribution is 14.1. The molecule has 0 radical (unpaired) electrons. The molecular formula is C23H29IN8O7. The van der Waals surface area contributed by atoms with Crippen molar-refractivity contribution in [3.63, 3.8) is 0 Å². The largest absolute Gasteiger partial charge is 0.507 e. The number of rotatable bonds is 7. The number of nitrogens with one attached hydrogen (secondary N) is 2. The minimum absolute atomic E-state index is 0.0113. The van der Waals surface area contributed by atoms with E-state index >= 15 is 0 Å². The second-order valence-corrected chi connectivity index (χ2v) is 11.3. The average Bonchev–Trinajstić information content (AvgIpc) is 3.39. The zero-order valence-electron chi connectivity index (χ0n) is 21.5. The zero-order chi connectivity index (χ0) is 29.1. The molecule has 2 fully saturated rings. The first-order valence-electron chi connectivity index (χ1n) is 12.0. The van der Waals surface area contributed by atoms with Gasteiger partial charge in [0.2, 0.25) is 17.7 Å². The lowest BCUT2D eigenvalue weighted by molar-refractivity contribution is -0.135. The van der Waals surface area contributed by atoms with Crippen LogP contribution in [0.5, 0.6) is 5.75 Å². The molecule has 16 heteroatoms. The standard InChI is InChI=1S/C23H29IN8O7/c1-23(2,3)39-22(38)32-9-11(27-19(35)12-7-13(24)15(29-30-26)8-17(12)33)6-16(32)20(36)28-14-4-5-31(21(14)37)10-18(25)34/h7-8,11,14,16,33H,4-6,9-10H2,1-3H3,(H2,25,34)(H,27,35)(H,28,36)/t11-,14-,16+/m1/s1. The van der Waals surface area contributed by atoms with E-state index in [4.69, 9.17) is 16.0 Å². The Hall–Kier alpha value is -3.79. The number of nitrogens with two attached hydrogens (primary N) is 1. The van der Waals surface area contributed by atoms with Gasteiger partial charge < -0.3 is 31.1 Å². The maximum absolute atomic E-state index is 13.2. The number of ether oxygens (including phenoxy) is 1. The molecule has 2 aliphatic heterocycles. The number of carbonyl (C=O) groups excluding carboxylic acids is 5. The number of primary amides is 1. The Labute approximate surface area is 237 Å². The third kappa shape index (κ3) is 7.41. The molecule has 0 spiro atoms. The van der Waals surface area contributed by atoms with Crippen LogP contribution >= 0.6 is 22.6 Å². The lowest BCUT2D eigenvalue weighted by Crippen LogP contribution is -2.51. The van der Waals surface area contributed by atoms with Gasteiger partial charge in [-0.25, -0.2) is 4.79 Å². The van der Waals surface area contributed by atoms with E-state index in [9.17, 15) is 29.1 Å². The summed E-state index contributed by atoms with van der Waals surface area (Å²) in [6, 6.07) is -0.137. The maximum atomic E-state index is 13.2. The van der Waals surface area contributed by atoms with E-state index in [0.29, 0.717) is 3.57 Å². The van der Waals surface area contributed by atoms with Gasteiger partial charge in [-0.15, -0.1) is 0 Å². The monoisotopic (exact) mass is 656 g/mol. The fourth-order valence-electron chi connectivity index (χ4n) is 4.32. The second-order valence-electron chi connectivity index (χ2n) is 10.1. The summed E-state index contributed by atoms with van der Waals surface area (Å²) in [5.74, 6) is -2.82. The minimum atomic E-state index is -1.07. The van der Waals surface area contributed by atoms with Crippen molar-refractivity contribution >= 4 is 58.0 Å². The molecule has 0 unspecified atom stereocenters. The van der Waals surface area contributed by atoms with Crippen molar-refractivity contribution in [3.05, 3.63) is 31.7 Å². The molecule has 3 rings (SSSR count). The SMILES string of the molecule is CC(C)(C)OC(=O)N1C[C@H](NC(=O)c2cc(I)c(N=[N+]=[N-])cc2O)C[C@H]1C(=O)N[C@@H]1CCN(CC(N)=O)C1=O. The fourth-order valence-corrected chi connectivity index (χ4v) is 4.89. The molecule has 1 aromatic rings. The number of phenolic OH excluding ortho intramolecular Hbond substituents is 1. The number of aromatic hydroxyl groups is 1. The number of benzene rings is 1. The first kappa shape index (κ1) is 29.8. The van der Waals surface area contributed by atoms with Gasteiger partial charge in [-0.1, -0.05) is 5.11 Å². The van der Waals surface area contributed by atoms with E-state index in [1.165, 1.54) is 15.9 Å². The highest BCUT2D eigenvalue weighted by atomic mass is 127. The van der Waals surface area contributed by atoms with Crippen LogP contribution in [0.15, 0.2) is 17.2 Å². The highest BCUT2D eigenvalue weighted by Gasteiger charge is 2.44. The van der Waals surface area contributed by atoms with E-state index < -0.39 is 59.2 Å². The number of carbonyl (C=O) groups is 5. The van der Waals surface area contributed by atoms with Crippen LogP contribution in [0.1, 0.15) is 44.0 Å². The lowest BCUT2D eigenvalue weighted by atomic mass is 10.1. The van der Waals surface area contributed by atoms with Crippen LogP contribution in [-0.4, -0.2) is 88.0 Å². The Morgan fingerprint density at radius 1 is 1.28 bits per heavy atom. The average molecular weight is 656 g/mol. The van der Waals surface area contributed by atoms with Gasteiger partial charge in [0.1, 0.15) is 23.4 Å². The molecule has 15 nitrogen and oxygen atoms in total. The van der Waals surface area contributed by atoms with E-state index in [1.807, 2.05) is 22.6 Å². The molecule has 5 amide bonds. The molecule has 0 aliphatic carbocycles. The van der Waals surface area contributed by atoms with Gasteiger partial charge >= 0.3 is 6.09 Å². The van der Waals surface area contributed by atoms with Gasteiger partial charge in [-0.05, 0) is 73.9 Å². The van der Waals surface area contributed by atoms with Gasteiger partial charge in [0.25, 0.3) is 5.91 Å². The van der Waals surface area contributed by atoms with E-state index in [0.717, 1.165) is 6.07 Å². The molecule has 5 N–H and O–H groups in total. The number of hydrogen-bond donors (Lipinski definition) is 4. The van der Waals surface area contributed by atoms with Gasteiger partial charge in [0.15, 0.2) is 0 Å². The molecule has 0 aromatic heterocycles. The lowest BCUT2D eigenvalue weighted by Gasteiger charge is -2.28. The fraction of sp³-hybridized carbons (Fsp3) is 0.522. The number of likely N-dealkylation sites (tertiary alicyclic amines) is 2. The summed E-state index contributed by atoms with van der Waals surface area (Å²) in [6.07, 6.45) is -0.498. The highest BCUT2D eigenvalue weighted by Crippen LogP contribution is 2.30. The molecule has 2 aliphatic rings. The number of amides is 5. The first-order chi connectivity index (χ1) is 18.2. The van der Waals surface area contributed by atoms with Gasteiger partial charge in [-0.3, -0.25) is 24.1 Å². The van der Waals surface area contributed by atoms with Crippen LogP contribution < -0.4 is 16.4 Å². The predicted octanol–water partition coefficient (Wildman–Crippen LogP) is 1.25. The number of hydrogen-bond acceptors (Lipinski definition) is 8. The van der Waals surface area contributed by atoms with Crippen molar-refractivity contribution in [1.82, 2.24) is 20.4 Å². The Bertz CT molecular complexity index is 1240. The van der Waals surface area contributed by atoms with Gasteiger partial charge in [0.05, 0.1) is 17.8 Å². The summed E-state index contributed by atoms with van der Waals surface area (Å²) in [5, 5.41) is 19.1. The third-order valence-corrected chi connectivity index (χ3v) is 6.85. The van der Waals surface area contributed by atoms with E-state index in [1.54, 1.807) is 20.8 Å². The van der Waals surface area contributed by atoms with Crippen LogP contribution in [0.3, 0.4) is 0 Å². The zero-order valence-corrected chi connectivity index (χ0v) is 23.7. The summed E-state index contributed by atoms with van der Waals surface area (Å²) >= 11 is 1.86. The number of azide groups is 1. The molecule has 2 heterocycles. The van der Waals surface area contributed by atoms with E-state index in [2.05, 4.69) is 20.7 Å². The second kappa shape index (κ2) is 11.9. The predicted molar refractivity (Wildman–Crippen MR) is 145 cm³/mol. The Kier molecular flexibility index (Phi) is 9.11. The Morgan fingerprint density at radius 2 is 1.97 bits per heavy atom. The first-order valence-corrected chi connectivity index (χ1v) is 13.0. The summed E-state index contributed by atoms with van der Waals surface area (Å²) in [5.41, 5.74) is 13.0. The smallest absolute Gasteiger partial charge is 0.411 e. The molecule has 39 heavy (non-hydrogen) atoms. The molecule has 1 aromatic carbocycles. The van der Waals surface area contributed by atoms with Gasteiger partial charge in [0, 0.05) is 27.6 Å². The number of phenols is 1. The van der Waals surface area contributed by atoms with Crippen LogP contribution in [-0.2, 0) is 19.1 Å². The van der Waals surface area contributed by atoms with Crippen LogP contribution in [0.25, 0.3) is 10.4 Å². The van der Waals surface area contributed by atoms with Crippen molar-refractivity contribution in [2.24, 2.45) is 10.8 Å². The van der Waals surface area contributed by atoms with Gasteiger partial charge in [-0.2, -0.15) is 0 Å².